The molecule has 0 aliphatic rings. The van der Waals surface area contributed by atoms with Gasteiger partial charge in [-0.05, 0) is 17.7 Å². The Morgan fingerprint density at radius 1 is 1.00 bits per heavy atom. The van der Waals surface area contributed by atoms with Crippen LogP contribution in [0.3, 0.4) is 0 Å². The highest BCUT2D eigenvalue weighted by Gasteiger charge is 1.99. The molecule has 0 amide bonds. The monoisotopic (exact) mass is 187 g/mol. The zero-order valence-corrected chi connectivity index (χ0v) is 7.84. The summed E-state index contributed by atoms with van der Waals surface area (Å²) in [5.74, 6) is 0. The first-order valence-electron chi connectivity index (χ1n) is 4.06. The van der Waals surface area contributed by atoms with Gasteiger partial charge in [-0.15, -0.1) is 11.3 Å². The van der Waals surface area contributed by atoms with Crippen molar-refractivity contribution in [2.24, 2.45) is 0 Å². The van der Waals surface area contributed by atoms with E-state index < -0.39 is 0 Å². The van der Waals surface area contributed by atoms with Gasteiger partial charge >= 0.3 is 0 Å². The van der Waals surface area contributed by atoms with Crippen LogP contribution < -0.4 is 0 Å². The number of hydrogen-bond donors (Lipinski definition) is 1. The van der Waals surface area contributed by atoms with E-state index in [0.717, 1.165) is 4.88 Å². The van der Waals surface area contributed by atoms with Crippen LogP contribution in [-0.4, -0.2) is 6.21 Å². The first-order valence-corrected chi connectivity index (χ1v) is 4.87. The van der Waals surface area contributed by atoms with E-state index in [-0.39, 0.29) is 0 Å². The fraction of sp³-hybridized carbons (Fsp3) is 0. The van der Waals surface area contributed by atoms with Gasteiger partial charge in [0.25, 0.3) is 0 Å². The minimum Gasteiger partial charge on any atom is -0.307 e. The molecule has 2 rings (SSSR count). The molecule has 0 radical (unpaired) electrons. The molecule has 1 nitrogen and oxygen atoms in total. The van der Waals surface area contributed by atoms with Gasteiger partial charge in [-0.2, -0.15) is 0 Å². The number of nitrogens with one attached hydrogen (secondary N) is 1. The van der Waals surface area contributed by atoms with Gasteiger partial charge in [0.1, 0.15) is 0 Å². The first-order chi connectivity index (χ1) is 6.40. The largest absolute Gasteiger partial charge is 0.307 e. The van der Waals surface area contributed by atoms with E-state index in [1.807, 2.05) is 24.3 Å². The molecule has 0 saturated carbocycles. The normalized spacial score (nSPS) is 9.85. The highest BCUT2D eigenvalue weighted by Crippen LogP contribution is 2.26. The molecule has 1 aromatic carbocycles. The van der Waals surface area contributed by atoms with Crippen LogP contribution in [0, 0.1) is 5.41 Å². The summed E-state index contributed by atoms with van der Waals surface area (Å²) in [6.07, 6.45) is 1.39. The lowest BCUT2D eigenvalue weighted by atomic mass is 10.2. The third-order valence-electron chi connectivity index (χ3n) is 1.83. The van der Waals surface area contributed by atoms with Gasteiger partial charge in [-0.25, -0.2) is 0 Å². The van der Waals surface area contributed by atoms with Crippen molar-refractivity contribution in [2.45, 2.75) is 0 Å². The highest BCUT2D eigenvalue weighted by molar-refractivity contribution is 7.17. The predicted molar refractivity (Wildman–Crippen MR) is 57.6 cm³/mol. The number of hydrogen-bond acceptors (Lipinski definition) is 2. The Balaban J connectivity index is 2.41. The second kappa shape index (κ2) is 3.54. The van der Waals surface area contributed by atoms with Crippen molar-refractivity contribution in [1.82, 2.24) is 0 Å². The molecule has 2 heteroatoms. The Morgan fingerprint density at radius 2 is 1.77 bits per heavy atom. The van der Waals surface area contributed by atoms with Crippen molar-refractivity contribution in [1.29, 1.82) is 5.41 Å². The summed E-state index contributed by atoms with van der Waals surface area (Å²) in [6.45, 7) is 0. The molecule has 2 aromatic rings. The van der Waals surface area contributed by atoms with Crippen molar-refractivity contribution < 1.29 is 0 Å². The van der Waals surface area contributed by atoms with E-state index in [1.54, 1.807) is 11.3 Å². The molecule has 64 valence electrons. The molecule has 1 heterocycles. The molecule has 13 heavy (non-hydrogen) atoms. The quantitative estimate of drug-likeness (QED) is 0.697. The highest BCUT2D eigenvalue weighted by atomic mass is 32.1. The molecule has 0 aliphatic carbocycles. The second-order valence-corrected chi connectivity index (χ2v) is 3.83. The Hall–Kier alpha value is -1.41. The van der Waals surface area contributed by atoms with Crippen molar-refractivity contribution in [3.63, 3.8) is 0 Å². The predicted octanol–water partition coefficient (Wildman–Crippen LogP) is 3.41. The topological polar surface area (TPSA) is 23.9 Å². The first kappa shape index (κ1) is 8.20. The number of rotatable bonds is 2. The van der Waals surface area contributed by atoms with Crippen LogP contribution in [0.1, 0.15) is 4.88 Å². The van der Waals surface area contributed by atoms with Crippen molar-refractivity contribution in [2.75, 3.05) is 0 Å². The van der Waals surface area contributed by atoms with Gasteiger partial charge in [0.2, 0.25) is 0 Å². The summed E-state index contributed by atoms with van der Waals surface area (Å²) < 4.78 is 0. The van der Waals surface area contributed by atoms with E-state index >= 15 is 0 Å². The summed E-state index contributed by atoms with van der Waals surface area (Å²) in [4.78, 5) is 2.22. The summed E-state index contributed by atoms with van der Waals surface area (Å²) in [7, 11) is 0. The summed E-state index contributed by atoms with van der Waals surface area (Å²) in [6, 6.07) is 14.3. The van der Waals surface area contributed by atoms with Gasteiger partial charge in [0.15, 0.2) is 0 Å². The Labute approximate surface area is 81.2 Å². The van der Waals surface area contributed by atoms with E-state index in [0.29, 0.717) is 0 Å². The van der Waals surface area contributed by atoms with Gasteiger partial charge in [-0.3, -0.25) is 0 Å². The number of thiophene rings is 1. The lowest BCUT2D eigenvalue weighted by Crippen LogP contribution is -1.67. The SMILES string of the molecule is N=Cc1ccc(-c2ccccc2)s1. The minimum absolute atomic E-state index is 0.999. The van der Waals surface area contributed by atoms with Crippen LogP contribution in [0.25, 0.3) is 10.4 Å². The molecule has 0 fully saturated rings. The molecule has 0 saturated heterocycles. The van der Waals surface area contributed by atoms with Gasteiger partial charge in [0.05, 0.1) is 0 Å². The molecule has 1 N–H and O–H groups in total. The van der Waals surface area contributed by atoms with Gasteiger partial charge in [0, 0.05) is 16.0 Å². The lowest BCUT2D eigenvalue weighted by Gasteiger charge is -1.93. The standard InChI is InChI=1S/C11H9NS/c12-8-10-6-7-11(13-10)9-4-2-1-3-5-9/h1-8,12H. The van der Waals surface area contributed by atoms with Crippen molar-refractivity contribution in [3.05, 3.63) is 47.3 Å². The molecule has 0 unspecified atom stereocenters. The van der Waals surface area contributed by atoms with Crippen LogP contribution >= 0.6 is 11.3 Å². The van der Waals surface area contributed by atoms with Crippen LogP contribution in [0.5, 0.6) is 0 Å². The molecular weight excluding hydrogens is 178 g/mol. The van der Waals surface area contributed by atoms with E-state index in [4.69, 9.17) is 5.41 Å². The zero-order valence-electron chi connectivity index (χ0n) is 7.03. The van der Waals surface area contributed by atoms with E-state index in [1.165, 1.54) is 16.7 Å². The smallest absolute Gasteiger partial charge is 0.0452 e. The maximum atomic E-state index is 7.10. The Morgan fingerprint density at radius 3 is 2.38 bits per heavy atom. The third kappa shape index (κ3) is 1.68. The molecule has 0 bridgehead atoms. The molecular formula is C11H9NS. The van der Waals surface area contributed by atoms with Gasteiger partial charge < -0.3 is 5.41 Å². The summed E-state index contributed by atoms with van der Waals surface area (Å²) in [5, 5.41) is 7.10. The summed E-state index contributed by atoms with van der Waals surface area (Å²) in [5.41, 5.74) is 1.22. The fourth-order valence-electron chi connectivity index (χ4n) is 1.19. The maximum Gasteiger partial charge on any atom is 0.0452 e. The van der Waals surface area contributed by atoms with E-state index in [2.05, 4.69) is 18.2 Å². The molecule has 0 spiro atoms. The Kier molecular flexibility index (Phi) is 2.23. The van der Waals surface area contributed by atoms with Crippen molar-refractivity contribution >= 4 is 17.6 Å². The van der Waals surface area contributed by atoms with Gasteiger partial charge in [-0.1, -0.05) is 30.3 Å². The van der Waals surface area contributed by atoms with E-state index in [9.17, 15) is 0 Å². The summed E-state index contributed by atoms with van der Waals surface area (Å²) >= 11 is 1.64. The fourth-order valence-corrected chi connectivity index (χ4v) is 2.03. The van der Waals surface area contributed by atoms with Crippen LogP contribution in [0.4, 0.5) is 0 Å². The van der Waals surface area contributed by atoms with Crippen LogP contribution in [0.2, 0.25) is 0 Å². The van der Waals surface area contributed by atoms with Crippen LogP contribution in [0.15, 0.2) is 42.5 Å². The maximum absolute atomic E-state index is 7.10. The average molecular weight is 187 g/mol. The van der Waals surface area contributed by atoms with Crippen LogP contribution in [-0.2, 0) is 0 Å². The van der Waals surface area contributed by atoms with Crippen molar-refractivity contribution in [3.8, 4) is 10.4 Å². The molecule has 0 atom stereocenters. The third-order valence-corrected chi connectivity index (χ3v) is 2.91. The lowest BCUT2D eigenvalue weighted by molar-refractivity contribution is 1.57. The average Bonchev–Trinajstić information content (AvgIpc) is 2.67. The molecule has 1 aromatic heterocycles. The molecule has 0 aliphatic heterocycles. The number of benzene rings is 1. The zero-order chi connectivity index (χ0) is 9.10. The second-order valence-electron chi connectivity index (χ2n) is 2.71. The Bertz CT molecular complexity index is 403. The minimum atomic E-state index is 0.999.